The molecule has 0 spiro atoms. The Balaban J connectivity index is 2.17. The summed E-state index contributed by atoms with van der Waals surface area (Å²) in [5.74, 6) is 0.727. The maximum Gasteiger partial charge on any atom is 0.217 e. The third-order valence-corrected chi connectivity index (χ3v) is 4.02. The quantitative estimate of drug-likeness (QED) is 0.842. The smallest absolute Gasteiger partial charge is 0.217 e. The summed E-state index contributed by atoms with van der Waals surface area (Å²) in [5, 5.41) is 0. The van der Waals surface area contributed by atoms with Gasteiger partial charge in [-0.1, -0.05) is 6.07 Å². The van der Waals surface area contributed by atoms with Crippen LogP contribution in [-0.2, 0) is 4.79 Å². The van der Waals surface area contributed by atoms with Crippen LogP contribution in [0.25, 0.3) is 0 Å². The van der Waals surface area contributed by atoms with Gasteiger partial charge in [0.1, 0.15) is 5.75 Å². The van der Waals surface area contributed by atoms with E-state index in [0.29, 0.717) is 23.7 Å². The fourth-order valence-corrected chi connectivity index (χ4v) is 2.97. The minimum atomic E-state index is -0.237. The molecule has 0 radical (unpaired) electrons. The van der Waals surface area contributed by atoms with Crippen LogP contribution < -0.4 is 15.4 Å². The topological polar surface area (TPSA) is 72.6 Å². The number of piperidine rings is 1. The van der Waals surface area contributed by atoms with Crippen molar-refractivity contribution in [3.8, 4) is 5.75 Å². The lowest BCUT2D eigenvalue weighted by Gasteiger charge is -2.34. The number of nitrogens with two attached hydrogens (primary N) is 1. The maximum atomic E-state index is 11.9. The van der Waals surface area contributed by atoms with Crippen molar-refractivity contribution in [2.24, 2.45) is 11.7 Å². The largest absolute Gasteiger partial charge is 0.496 e. The Labute approximate surface area is 125 Å². The Bertz CT molecular complexity index is 534. The van der Waals surface area contributed by atoms with Gasteiger partial charge >= 0.3 is 0 Å². The van der Waals surface area contributed by atoms with E-state index in [-0.39, 0.29) is 11.7 Å². The summed E-state index contributed by atoms with van der Waals surface area (Å²) in [5.41, 5.74) is 6.81. The number of nitrogens with zero attached hydrogens (tertiary/aromatic N) is 1. The van der Waals surface area contributed by atoms with E-state index in [2.05, 4.69) is 4.90 Å². The van der Waals surface area contributed by atoms with Crippen LogP contribution in [0.2, 0.25) is 0 Å². The first-order valence-electron chi connectivity index (χ1n) is 7.24. The maximum absolute atomic E-state index is 11.9. The number of benzene rings is 1. The van der Waals surface area contributed by atoms with Gasteiger partial charge in [0.25, 0.3) is 0 Å². The number of carbonyl (C=O) groups excluding carboxylic acids is 2. The van der Waals surface area contributed by atoms with Gasteiger partial charge < -0.3 is 15.4 Å². The Hall–Kier alpha value is -2.04. The van der Waals surface area contributed by atoms with E-state index >= 15 is 0 Å². The lowest BCUT2D eigenvalue weighted by Crippen LogP contribution is -2.35. The number of anilines is 1. The number of Topliss-reactive ketones (excluding diaryl/α,β-unsaturated/α-hetero) is 1. The minimum Gasteiger partial charge on any atom is -0.496 e. The van der Waals surface area contributed by atoms with E-state index in [0.717, 1.165) is 31.6 Å². The standard InChI is InChI=1S/C16H22N2O3/c1-11(19)16-13(4-3-5-14(16)21-2)18-8-6-12(7-9-18)10-15(17)20/h3-5,12H,6-10H2,1-2H3,(H2,17,20). The van der Waals surface area contributed by atoms with E-state index in [1.165, 1.54) is 0 Å². The Morgan fingerprint density at radius 1 is 1.33 bits per heavy atom. The number of ether oxygens (including phenoxy) is 1. The zero-order valence-corrected chi connectivity index (χ0v) is 12.6. The number of carbonyl (C=O) groups is 2. The van der Waals surface area contributed by atoms with Crippen molar-refractivity contribution in [3.05, 3.63) is 23.8 Å². The molecule has 114 valence electrons. The van der Waals surface area contributed by atoms with E-state index in [9.17, 15) is 9.59 Å². The van der Waals surface area contributed by atoms with Gasteiger partial charge in [-0.3, -0.25) is 9.59 Å². The molecular weight excluding hydrogens is 268 g/mol. The van der Waals surface area contributed by atoms with Crippen LogP contribution in [0.5, 0.6) is 5.75 Å². The van der Waals surface area contributed by atoms with Crippen LogP contribution in [-0.4, -0.2) is 31.9 Å². The summed E-state index contributed by atoms with van der Waals surface area (Å²) in [6.45, 7) is 3.21. The zero-order chi connectivity index (χ0) is 15.4. The van der Waals surface area contributed by atoms with Crippen LogP contribution in [0.1, 0.15) is 36.5 Å². The number of hydrogen-bond donors (Lipinski definition) is 1. The van der Waals surface area contributed by atoms with Gasteiger partial charge in [0, 0.05) is 19.5 Å². The Morgan fingerprint density at radius 3 is 2.52 bits per heavy atom. The number of methoxy groups -OCH3 is 1. The number of ketones is 1. The van der Waals surface area contributed by atoms with Crippen molar-refractivity contribution in [1.82, 2.24) is 0 Å². The molecule has 1 amide bonds. The molecule has 1 aromatic carbocycles. The van der Waals surface area contributed by atoms with Gasteiger partial charge in [0.05, 0.1) is 18.4 Å². The van der Waals surface area contributed by atoms with Gasteiger partial charge in [0.2, 0.25) is 5.91 Å². The Kier molecular flexibility index (Phi) is 4.83. The summed E-state index contributed by atoms with van der Waals surface area (Å²) in [6.07, 6.45) is 2.28. The first kappa shape index (κ1) is 15.4. The van der Waals surface area contributed by atoms with Gasteiger partial charge in [0.15, 0.2) is 5.78 Å². The van der Waals surface area contributed by atoms with Crippen molar-refractivity contribution in [2.75, 3.05) is 25.1 Å². The summed E-state index contributed by atoms with van der Waals surface area (Å²) in [6, 6.07) is 5.66. The van der Waals surface area contributed by atoms with Crippen LogP contribution in [0.15, 0.2) is 18.2 Å². The van der Waals surface area contributed by atoms with Crippen LogP contribution in [0.4, 0.5) is 5.69 Å². The highest BCUT2D eigenvalue weighted by Gasteiger charge is 2.24. The van der Waals surface area contributed by atoms with Crippen LogP contribution >= 0.6 is 0 Å². The van der Waals surface area contributed by atoms with E-state index in [4.69, 9.17) is 10.5 Å². The summed E-state index contributed by atoms with van der Waals surface area (Å²) >= 11 is 0. The number of hydrogen-bond acceptors (Lipinski definition) is 4. The molecule has 2 rings (SSSR count). The zero-order valence-electron chi connectivity index (χ0n) is 12.6. The van der Waals surface area contributed by atoms with E-state index in [1.807, 2.05) is 12.1 Å². The normalized spacial score (nSPS) is 15.8. The molecule has 2 N–H and O–H groups in total. The van der Waals surface area contributed by atoms with E-state index in [1.54, 1.807) is 20.1 Å². The SMILES string of the molecule is COc1cccc(N2CCC(CC(N)=O)CC2)c1C(C)=O. The molecular formula is C16H22N2O3. The molecule has 0 aliphatic carbocycles. The molecule has 5 heteroatoms. The number of rotatable bonds is 5. The molecule has 0 bridgehead atoms. The average molecular weight is 290 g/mol. The molecule has 1 heterocycles. The summed E-state index contributed by atoms with van der Waals surface area (Å²) in [4.78, 5) is 25.1. The highest BCUT2D eigenvalue weighted by atomic mass is 16.5. The second kappa shape index (κ2) is 6.61. The van der Waals surface area contributed by atoms with Crippen LogP contribution in [0, 0.1) is 5.92 Å². The minimum absolute atomic E-state index is 0.00158. The second-order valence-corrected chi connectivity index (χ2v) is 5.51. The van der Waals surface area contributed by atoms with Crippen LogP contribution in [0.3, 0.4) is 0 Å². The molecule has 1 saturated heterocycles. The van der Waals surface area contributed by atoms with E-state index < -0.39 is 0 Å². The van der Waals surface area contributed by atoms with Crippen molar-refractivity contribution in [3.63, 3.8) is 0 Å². The predicted molar refractivity (Wildman–Crippen MR) is 81.7 cm³/mol. The Morgan fingerprint density at radius 2 is 2.00 bits per heavy atom. The molecule has 5 nitrogen and oxygen atoms in total. The third-order valence-electron chi connectivity index (χ3n) is 4.02. The predicted octanol–water partition coefficient (Wildman–Crippen LogP) is 1.99. The second-order valence-electron chi connectivity index (χ2n) is 5.51. The molecule has 0 atom stereocenters. The van der Waals surface area contributed by atoms with Crippen molar-refractivity contribution in [1.29, 1.82) is 0 Å². The lowest BCUT2D eigenvalue weighted by molar-refractivity contribution is -0.119. The molecule has 1 aliphatic heterocycles. The molecule has 1 aliphatic rings. The lowest BCUT2D eigenvalue weighted by atomic mass is 9.92. The number of primary amides is 1. The van der Waals surface area contributed by atoms with Crippen molar-refractivity contribution < 1.29 is 14.3 Å². The highest BCUT2D eigenvalue weighted by Crippen LogP contribution is 2.33. The number of amides is 1. The fourth-order valence-electron chi connectivity index (χ4n) is 2.97. The first-order chi connectivity index (χ1) is 10.0. The molecule has 21 heavy (non-hydrogen) atoms. The third kappa shape index (κ3) is 3.54. The first-order valence-corrected chi connectivity index (χ1v) is 7.24. The highest BCUT2D eigenvalue weighted by molar-refractivity contribution is 6.02. The summed E-state index contributed by atoms with van der Waals surface area (Å²) in [7, 11) is 1.57. The van der Waals surface area contributed by atoms with Crippen molar-refractivity contribution >= 4 is 17.4 Å². The molecule has 1 aromatic rings. The van der Waals surface area contributed by atoms with Gasteiger partial charge in [-0.05, 0) is 37.8 Å². The van der Waals surface area contributed by atoms with Crippen molar-refractivity contribution in [2.45, 2.75) is 26.2 Å². The van der Waals surface area contributed by atoms with Gasteiger partial charge in [-0.15, -0.1) is 0 Å². The summed E-state index contributed by atoms with van der Waals surface area (Å²) < 4.78 is 5.30. The molecule has 1 fully saturated rings. The van der Waals surface area contributed by atoms with Gasteiger partial charge in [-0.2, -0.15) is 0 Å². The van der Waals surface area contributed by atoms with Gasteiger partial charge in [-0.25, -0.2) is 0 Å². The monoisotopic (exact) mass is 290 g/mol. The molecule has 0 unspecified atom stereocenters. The fraction of sp³-hybridized carbons (Fsp3) is 0.500. The average Bonchev–Trinajstić information content (AvgIpc) is 2.46. The molecule has 0 aromatic heterocycles. The molecule has 0 saturated carbocycles.